The molecule has 0 radical (unpaired) electrons. The Labute approximate surface area is 146 Å². The molecule has 2 aromatic carbocycles. The van der Waals surface area contributed by atoms with E-state index in [1.165, 1.54) is 11.3 Å². The zero-order valence-electron chi connectivity index (χ0n) is 15.4. The molecule has 0 bridgehead atoms. The highest BCUT2D eigenvalue weighted by atomic mass is 16.5. The predicted octanol–water partition coefficient (Wildman–Crippen LogP) is 5.15. The lowest BCUT2D eigenvalue weighted by Gasteiger charge is -2.21. The van der Waals surface area contributed by atoms with E-state index in [4.69, 9.17) is 4.74 Å². The Morgan fingerprint density at radius 2 is 1.62 bits per heavy atom. The van der Waals surface area contributed by atoms with Crippen molar-refractivity contribution in [1.29, 1.82) is 0 Å². The van der Waals surface area contributed by atoms with Crippen LogP contribution in [-0.2, 0) is 0 Å². The lowest BCUT2D eigenvalue weighted by molar-refractivity contribution is 0.328. The molecule has 24 heavy (non-hydrogen) atoms. The van der Waals surface area contributed by atoms with E-state index in [1.807, 2.05) is 12.1 Å². The van der Waals surface area contributed by atoms with Crippen molar-refractivity contribution in [2.45, 2.75) is 33.6 Å². The van der Waals surface area contributed by atoms with Crippen molar-refractivity contribution in [1.82, 2.24) is 0 Å². The van der Waals surface area contributed by atoms with Crippen LogP contribution in [-0.4, -0.2) is 26.2 Å². The molecule has 0 aliphatic heterocycles. The maximum absolute atomic E-state index is 5.95. The van der Waals surface area contributed by atoms with Gasteiger partial charge in [0.1, 0.15) is 12.4 Å². The average molecular weight is 326 g/mol. The first-order chi connectivity index (χ1) is 11.7. The van der Waals surface area contributed by atoms with Crippen LogP contribution >= 0.6 is 0 Å². The van der Waals surface area contributed by atoms with Gasteiger partial charge in [0.15, 0.2) is 0 Å². The summed E-state index contributed by atoms with van der Waals surface area (Å²) in [6.45, 7) is 12.3. The number of nitrogens with one attached hydrogen (secondary N) is 1. The van der Waals surface area contributed by atoms with E-state index in [9.17, 15) is 0 Å². The third-order valence-electron chi connectivity index (χ3n) is 4.23. The molecule has 0 spiro atoms. The van der Waals surface area contributed by atoms with Crippen LogP contribution in [0.3, 0.4) is 0 Å². The number of hydrogen-bond acceptors (Lipinski definition) is 3. The molecule has 1 N–H and O–H groups in total. The summed E-state index contributed by atoms with van der Waals surface area (Å²) >= 11 is 0. The standard InChI is InChI=1S/C21H30N2O/c1-5-23(6-2)19-13-11-18(12-14-19)22-15-16-24-21-10-8-7-9-20(21)17(3)4/h7-14,17,22H,5-6,15-16H2,1-4H3. The molecule has 0 saturated carbocycles. The highest BCUT2D eigenvalue weighted by Gasteiger charge is 2.06. The van der Waals surface area contributed by atoms with Crippen molar-refractivity contribution in [2.24, 2.45) is 0 Å². The van der Waals surface area contributed by atoms with Crippen LogP contribution in [0.2, 0.25) is 0 Å². The van der Waals surface area contributed by atoms with Crippen molar-refractivity contribution in [3.8, 4) is 5.75 Å². The number of anilines is 2. The number of benzene rings is 2. The lowest BCUT2D eigenvalue weighted by Crippen LogP contribution is -2.21. The quantitative estimate of drug-likeness (QED) is 0.645. The molecule has 3 heteroatoms. The van der Waals surface area contributed by atoms with Gasteiger partial charge in [0, 0.05) is 31.0 Å². The van der Waals surface area contributed by atoms with Crippen molar-refractivity contribution in [3.05, 3.63) is 54.1 Å². The van der Waals surface area contributed by atoms with Crippen LogP contribution < -0.4 is 15.0 Å². The zero-order valence-corrected chi connectivity index (χ0v) is 15.4. The normalized spacial score (nSPS) is 10.7. The molecule has 0 unspecified atom stereocenters. The highest BCUT2D eigenvalue weighted by molar-refractivity contribution is 5.55. The Morgan fingerprint density at radius 3 is 2.25 bits per heavy atom. The van der Waals surface area contributed by atoms with E-state index >= 15 is 0 Å². The summed E-state index contributed by atoms with van der Waals surface area (Å²) in [4.78, 5) is 2.34. The number of hydrogen-bond donors (Lipinski definition) is 1. The fraction of sp³-hybridized carbons (Fsp3) is 0.429. The summed E-state index contributed by atoms with van der Waals surface area (Å²) < 4.78 is 5.95. The third-order valence-corrected chi connectivity index (χ3v) is 4.23. The predicted molar refractivity (Wildman–Crippen MR) is 105 cm³/mol. The minimum absolute atomic E-state index is 0.474. The maximum atomic E-state index is 5.95. The van der Waals surface area contributed by atoms with Crippen molar-refractivity contribution in [3.63, 3.8) is 0 Å². The number of rotatable bonds is 9. The summed E-state index contributed by atoms with van der Waals surface area (Å²) in [7, 11) is 0. The Balaban J connectivity index is 1.82. The van der Waals surface area contributed by atoms with Crippen LogP contribution in [0.5, 0.6) is 5.75 Å². The molecule has 0 heterocycles. The van der Waals surface area contributed by atoms with Crippen LogP contribution in [0.1, 0.15) is 39.2 Å². The molecule has 0 aromatic heterocycles. The molecule has 0 saturated heterocycles. The topological polar surface area (TPSA) is 24.5 Å². The van der Waals surface area contributed by atoms with Crippen LogP contribution in [0.15, 0.2) is 48.5 Å². The SMILES string of the molecule is CCN(CC)c1ccc(NCCOc2ccccc2C(C)C)cc1. The summed E-state index contributed by atoms with van der Waals surface area (Å²) in [6, 6.07) is 16.9. The highest BCUT2D eigenvalue weighted by Crippen LogP contribution is 2.25. The lowest BCUT2D eigenvalue weighted by atomic mass is 10.0. The van der Waals surface area contributed by atoms with E-state index in [-0.39, 0.29) is 0 Å². The molecule has 0 fully saturated rings. The average Bonchev–Trinajstić information content (AvgIpc) is 2.61. The molecule has 2 aromatic rings. The van der Waals surface area contributed by atoms with Crippen molar-refractivity contribution in [2.75, 3.05) is 36.5 Å². The van der Waals surface area contributed by atoms with E-state index in [0.29, 0.717) is 12.5 Å². The summed E-state index contributed by atoms with van der Waals surface area (Å²) in [6.07, 6.45) is 0. The van der Waals surface area contributed by atoms with Gasteiger partial charge in [-0.05, 0) is 55.7 Å². The Hall–Kier alpha value is -2.16. The van der Waals surface area contributed by atoms with E-state index in [1.54, 1.807) is 0 Å². The fourth-order valence-electron chi connectivity index (χ4n) is 2.82. The molecular formula is C21H30N2O. The zero-order chi connectivity index (χ0) is 17.4. The Kier molecular flexibility index (Phi) is 6.98. The first kappa shape index (κ1) is 18.2. The second kappa shape index (κ2) is 9.21. The van der Waals surface area contributed by atoms with Crippen LogP contribution in [0.25, 0.3) is 0 Å². The second-order valence-electron chi connectivity index (χ2n) is 6.19. The van der Waals surface area contributed by atoms with Crippen molar-refractivity contribution < 1.29 is 4.74 Å². The monoisotopic (exact) mass is 326 g/mol. The summed E-state index contributed by atoms with van der Waals surface area (Å²) in [5.41, 5.74) is 3.67. The molecule has 130 valence electrons. The first-order valence-electron chi connectivity index (χ1n) is 8.96. The maximum Gasteiger partial charge on any atom is 0.122 e. The Morgan fingerprint density at radius 1 is 0.958 bits per heavy atom. The fourth-order valence-corrected chi connectivity index (χ4v) is 2.82. The van der Waals surface area contributed by atoms with E-state index in [2.05, 4.69) is 74.3 Å². The summed E-state index contributed by atoms with van der Waals surface area (Å²) in [5, 5.41) is 3.42. The van der Waals surface area contributed by atoms with Gasteiger partial charge in [0.25, 0.3) is 0 Å². The van der Waals surface area contributed by atoms with E-state index in [0.717, 1.165) is 31.1 Å². The molecule has 0 aliphatic carbocycles. The van der Waals surface area contributed by atoms with Gasteiger partial charge in [-0.3, -0.25) is 0 Å². The smallest absolute Gasteiger partial charge is 0.122 e. The molecule has 3 nitrogen and oxygen atoms in total. The van der Waals surface area contributed by atoms with Gasteiger partial charge in [-0.2, -0.15) is 0 Å². The molecule has 0 atom stereocenters. The third kappa shape index (κ3) is 4.92. The molecule has 2 rings (SSSR count). The summed E-state index contributed by atoms with van der Waals surface area (Å²) in [5.74, 6) is 1.47. The van der Waals surface area contributed by atoms with Gasteiger partial charge in [-0.15, -0.1) is 0 Å². The minimum atomic E-state index is 0.474. The van der Waals surface area contributed by atoms with Gasteiger partial charge < -0.3 is 15.0 Å². The number of ether oxygens (including phenoxy) is 1. The molecular weight excluding hydrogens is 296 g/mol. The first-order valence-corrected chi connectivity index (χ1v) is 8.96. The second-order valence-corrected chi connectivity index (χ2v) is 6.19. The van der Waals surface area contributed by atoms with Gasteiger partial charge in [-0.1, -0.05) is 32.0 Å². The molecule has 0 aliphatic rings. The van der Waals surface area contributed by atoms with Gasteiger partial charge in [0.2, 0.25) is 0 Å². The van der Waals surface area contributed by atoms with Crippen LogP contribution in [0, 0.1) is 0 Å². The van der Waals surface area contributed by atoms with Gasteiger partial charge in [-0.25, -0.2) is 0 Å². The largest absolute Gasteiger partial charge is 0.491 e. The van der Waals surface area contributed by atoms with Crippen molar-refractivity contribution >= 4 is 11.4 Å². The number of para-hydroxylation sites is 1. The van der Waals surface area contributed by atoms with Gasteiger partial charge in [0.05, 0.1) is 0 Å². The van der Waals surface area contributed by atoms with Gasteiger partial charge >= 0.3 is 0 Å². The number of nitrogens with zero attached hydrogens (tertiary/aromatic N) is 1. The van der Waals surface area contributed by atoms with Crippen LogP contribution in [0.4, 0.5) is 11.4 Å². The minimum Gasteiger partial charge on any atom is -0.491 e. The molecule has 0 amide bonds. The Bertz CT molecular complexity index is 603. The van der Waals surface area contributed by atoms with E-state index < -0.39 is 0 Å².